The van der Waals surface area contributed by atoms with Crippen molar-refractivity contribution in [3.8, 4) is 0 Å². The Kier molecular flexibility index (Phi) is 4.33. The maximum absolute atomic E-state index is 11.3. The van der Waals surface area contributed by atoms with Crippen LogP contribution in [0.25, 0.3) is 0 Å². The van der Waals surface area contributed by atoms with Crippen LogP contribution in [0.5, 0.6) is 0 Å². The maximum atomic E-state index is 11.3. The Morgan fingerprint density at radius 2 is 2.13 bits per heavy atom. The van der Waals surface area contributed by atoms with Crippen molar-refractivity contribution in [1.82, 2.24) is 10.2 Å². The summed E-state index contributed by atoms with van der Waals surface area (Å²) in [7, 11) is 1.97. The monoisotopic (exact) mass is 210 g/mol. The Labute approximate surface area is 92.5 Å². The molecule has 15 heavy (non-hydrogen) atoms. The standard InChI is InChI=1S/C12H22N2O/c1-5-9(2)10(3)13-11-6-12(15)8-14(4)7-11/h6,9-10,13H,5,7-8H2,1-4H3. The molecule has 0 aromatic heterocycles. The fraction of sp³-hybridized carbons (Fsp3) is 0.750. The lowest BCUT2D eigenvalue weighted by Crippen LogP contribution is -2.40. The second-order valence-electron chi connectivity index (χ2n) is 4.63. The third-order valence-electron chi connectivity index (χ3n) is 3.11. The van der Waals surface area contributed by atoms with E-state index < -0.39 is 0 Å². The predicted molar refractivity (Wildman–Crippen MR) is 62.6 cm³/mol. The summed E-state index contributed by atoms with van der Waals surface area (Å²) in [5.74, 6) is 0.829. The lowest BCUT2D eigenvalue weighted by molar-refractivity contribution is -0.115. The highest BCUT2D eigenvalue weighted by atomic mass is 16.1. The van der Waals surface area contributed by atoms with Crippen LogP contribution in [0.3, 0.4) is 0 Å². The highest BCUT2D eigenvalue weighted by Gasteiger charge is 2.17. The summed E-state index contributed by atoms with van der Waals surface area (Å²) in [6.07, 6.45) is 2.91. The molecule has 3 nitrogen and oxygen atoms in total. The van der Waals surface area contributed by atoms with Crippen LogP contribution in [0.2, 0.25) is 0 Å². The van der Waals surface area contributed by atoms with Gasteiger partial charge in [-0.05, 0) is 19.9 Å². The molecule has 0 saturated carbocycles. The minimum atomic E-state index is 0.197. The van der Waals surface area contributed by atoms with Crippen molar-refractivity contribution < 1.29 is 4.79 Å². The van der Waals surface area contributed by atoms with Crippen LogP contribution in [0, 0.1) is 5.92 Å². The van der Waals surface area contributed by atoms with Gasteiger partial charge in [-0.3, -0.25) is 9.69 Å². The summed E-state index contributed by atoms with van der Waals surface area (Å²) >= 11 is 0. The van der Waals surface area contributed by atoms with Crippen LogP contribution in [0.1, 0.15) is 27.2 Å². The van der Waals surface area contributed by atoms with Crippen LogP contribution in [-0.4, -0.2) is 36.9 Å². The average Bonchev–Trinajstić information content (AvgIpc) is 2.14. The Morgan fingerprint density at radius 3 is 2.67 bits per heavy atom. The molecular weight excluding hydrogens is 188 g/mol. The Hall–Kier alpha value is -0.830. The van der Waals surface area contributed by atoms with Crippen molar-refractivity contribution in [3.63, 3.8) is 0 Å². The van der Waals surface area contributed by atoms with E-state index in [-0.39, 0.29) is 5.78 Å². The first-order valence-corrected chi connectivity index (χ1v) is 5.71. The molecule has 2 atom stereocenters. The minimum Gasteiger partial charge on any atom is -0.384 e. The molecule has 0 spiro atoms. The van der Waals surface area contributed by atoms with Gasteiger partial charge in [0.15, 0.2) is 5.78 Å². The molecule has 86 valence electrons. The third kappa shape index (κ3) is 3.67. The number of hydrogen-bond donors (Lipinski definition) is 1. The Morgan fingerprint density at radius 1 is 1.47 bits per heavy atom. The van der Waals surface area contributed by atoms with Gasteiger partial charge < -0.3 is 5.32 Å². The molecule has 1 aliphatic heterocycles. The summed E-state index contributed by atoms with van der Waals surface area (Å²) in [6.45, 7) is 7.99. The molecule has 0 aliphatic carbocycles. The molecule has 3 heteroatoms. The van der Waals surface area contributed by atoms with Crippen molar-refractivity contribution in [2.75, 3.05) is 20.1 Å². The lowest BCUT2D eigenvalue weighted by Gasteiger charge is -2.28. The van der Waals surface area contributed by atoms with Crippen LogP contribution >= 0.6 is 0 Å². The number of likely N-dealkylation sites (N-methyl/N-ethyl adjacent to an activating group) is 1. The van der Waals surface area contributed by atoms with Gasteiger partial charge in [-0.15, -0.1) is 0 Å². The SMILES string of the molecule is CCC(C)C(C)NC1=CC(=O)CN(C)C1. The molecule has 2 unspecified atom stereocenters. The van der Waals surface area contributed by atoms with E-state index in [0.717, 1.165) is 18.7 Å². The number of rotatable bonds is 4. The minimum absolute atomic E-state index is 0.197. The van der Waals surface area contributed by atoms with Crippen molar-refractivity contribution in [3.05, 3.63) is 11.8 Å². The van der Waals surface area contributed by atoms with Crippen molar-refractivity contribution in [2.24, 2.45) is 5.92 Å². The van der Waals surface area contributed by atoms with Gasteiger partial charge in [-0.1, -0.05) is 20.3 Å². The van der Waals surface area contributed by atoms with E-state index in [0.29, 0.717) is 18.5 Å². The van der Waals surface area contributed by atoms with Crippen LogP contribution in [0.15, 0.2) is 11.8 Å². The zero-order valence-corrected chi connectivity index (χ0v) is 10.2. The molecule has 0 radical (unpaired) electrons. The number of hydrogen-bond acceptors (Lipinski definition) is 3. The summed E-state index contributed by atoms with van der Waals surface area (Å²) in [5, 5.41) is 3.43. The van der Waals surface area contributed by atoms with E-state index in [1.165, 1.54) is 0 Å². The van der Waals surface area contributed by atoms with Crippen molar-refractivity contribution in [2.45, 2.75) is 33.2 Å². The molecule has 0 fully saturated rings. The van der Waals surface area contributed by atoms with Crippen molar-refractivity contribution in [1.29, 1.82) is 0 Å². The fourth-order valence-corrected chi connectivity index (χ4v) is 1.77. The number of ketones is 1. The largest absolute Gasteiger partial charge is 0.384 e. The number of nitrogens with zero attached hydrogens (tertiary/aromatic N) is 1. The molecule has 1 heterocycles. The number of carbonyl (C=O) groups excluding carboxylic acids is 1. The summed E-state index contributed by atoms with van der Waals surface area (Å²) < 4.78 is 0. The van der Waals surface area contributed by atoms with Gasteiger partial charge in [0, 0.05) is 24.4 Å². The maximum Gasteiger partial charge on any atom is 0.171 e. The number of carbonyl (C=O) groups is 1. The van der Waals surface area contributed by atoms with E-state index in [1.807, 2.05) is 11.9 Å². The third-order valence-corrected chi connectivity index (χ3v) is 3.11. The topological polar surface area (TPSA) is 32.3 Å². The average molecular weight is 210 g/mol. The molecule has 0 saturated heterocycles. The molecule has 0 amide bonds. The van der Waals surface area contributed by atoms with E-state index >= 15 is 0 Å². The van der Waals surface area contributed by atoms with E-state index in [9.17, 15) is 4.79 Å². The second kappa shape index (κ2) is 5.31. The molecule has 0 aromatic rings. The first-order chi connectivity index (χ1) is 7.02. The Balaban J connectivity index is 2.54. The quantitative estimate of drug-likeness (QED) is 0.761. The van der Waals surface area contributed by atoms with Gasteiger partial charge >= 0.3 is 0 Å². The van der Waals surface area contributed by atoms with Crippen molar-refractivity contribution >= 4 is 5.78 Å². The van der Waals surface area contributed by atoms with E-state index in [4.69, 9.17) is 0 Å². The van der Waals surface area contributed by atoms with Gasteiger partial charge in [0.2, 0.25) is 0 Å². The van der Waals surface area contributed by atoms with Gasteiger partial charge in [-0.25, -0.2) is 0 Å². The molecule has 0 aromatic carbocycles. The summed E-state index contributed by atoms with van der Waals surface area (Å²) in [4.78, 5) is 13.4. The molecule has 1 rings (SSSR count). The molecular formula is C12H22N2O. The highest BCUT2D eigenvalue weighted by molar-refractivity contribution is 5.92. The summed E-state index contributed by atoms with van der Waals surface area (Å²) in [5.41, 5.74) is 1.06. The summed E-state index contributed by atoms with van der Waals surface area (Å²) in [6, 6.07) is 0.431. The molecule has 1 aliphatic rings. The first kappa shape index (κ1) is 12.2. The van der Waals surface area contributed by atoms with Crippen LogP contribution < -0.4 is 5.32 Å². The fourth-order valence-electron chi connectivity index (χ4n) is 1.77. The van der Waals surface area contributed by atoms with Crippen LogP contribution in [-0.2, 0) is 4.79 Å². The highest BCUT2D eigenvalue weighted by Crippen LogP contribution is 2.10. The number of nitrogens with one attached hydrogen (secondary N) is 1. The smallest absolute Gasteiger partial charge is 0.171 e. The van der Waals surface area contributed by atoms with Gasteiger partial charge in [-0.2, -0.15) is 0 Å². The van der Waals surface area contributed by atoms with Crippen LogP contribution in [0.4, 0.5) is 0 Å². The normalized spacial score (nSPS) is 22.1. The Bertz CT molecular complexity index is 260. The van der Waals surface area contributed by atoms with E-state index in [2.05, 4.69) is 26.1 Å². The van der Waals surface area contributed by atoms with Gasteiger partial charge in [0.1, 0.15) is 0 Å². The first-order valence-electron chi connectivity index (χ1n) is 5.71. The second-order valence-corrected chi connectivity index (χ2v) is 4.63. The van der Waals surface area contributed by atoms with E-state index in [1.54, 1.807) is 6.08 Å². The zero-order chi connectivity index (χ0) is 11.4. The van der Waals surface area contributed by atoms with Gasteiger partial charge in [0.05, 0.1) is 6.54 Å². The zero-order valence-electron chi connectivity index (χ0n) is 10.2. The van der Waals surface area contributed by atoms with Gasteiger partial charge in [0.25, 0.3) is 0 Å². The predicted octanol–water partition coefficient (Wildman–Crippen LogP) is 1.41. The molecule has 1 N–H and O–H groups in total. The molecule has 0 bridgehead atoms. The lowest BCUT2D eigenvalue weighted by atomic mass is 10.0.